The second-order valence-electron chi connectivity index (χ2n) is 5.67. The molecule has 134 valence electrons. The largest absolute Gasteiger partial charge is 0.760 e. The Morgan fingerprint density at radius 3 is 2.62 bits per heavy atom. The van der Waals surface area contributed by atoms with Crippen molar-refractivity contribution in [2.45, 2.75) is 12.8 Å². The fourth-order valence-corrected chi connectivity index (χ4v) is 2.96. The lowest BCUT2D eigenvalue weighted by atomic mass is 9.99. The number of carbonyl (C=O) groups excluding carboxylic acids is 1. The molecule has 0 bridgehead atoms. The van der Waals surface area contributed by atoms with Gasteiger partial charge in [0, 0.05) is 41.3 Å². The molecule has 1 aromatic heterocycles. The van der Waals surface area contributed by atoms with Gasteiger partial charge in [-0.25, -0.2) is 9.11 Å². The van der Waals surface area contributed by atoms with Gasteiger partial charge in [0.2, 0.25) is 0 Å². The fourth-order valence-electron chi connectivity index (χ4n) is 2.65. The Bertz CT molecular complexity index is 981. The zero-order valence-electron chi connectivity index (χ0n) is 13.6. The van der Waals surface area contributed by atoms with Crippen molar-refractivity contribution in [1.29, 1.82) is 0 Å². The Labute approximate surface area is 151 Å². The minimum absolute atomic E-state index is 0.239. The number of nitrogens with one attached hydrogen (secondary N) is 1. The third-order valence-electron chi connectivity index (χ3n) is 3.81. The summed E-state index contributed by atoms with van der Waals surface area (Å²) in [5.41, 5.74) is 2.54. The summed E-state index contributed by atoms with van der Waals surface area (Å²) in [6.07, 6.45) is 4.06. The molecule has 3 rings (SSSR count). The molecule has 0 saturated heterocycles. The van der Waals surface area contributed by atoms with Crippen molar-refractivity contribution in [3.8, 4) is 0 Å². The second-order valence-corrected chi connectivity index (χ2v) is 6.43. The third-order valence-corrected chi connectivity index (χ3v) is 4.25. The lowest BCUT2D eigenvalue weighted by Crippen LogP contribution is -2.18. The van der Waals surface area contributed by atoms with E-state index in [4.69, 9.17) is 0 Å². The maximum atomic E-state index is 13.9. The van der Waals surface area contributed by atoms with Crippen LogP contribution in [0.3, 0.4) is 0 Å². The molecular formula is C18H15FN3O3S-. The van der Waals surface area contributed by atoms with Gasteiger partial charge in [-0.2, -0.15) is 0 Å². The number of halogens is 1. The van der Waals surface area contributed by atoms with E-state index in [9.17, 15) is 17.9 Å². The summed E-state index contributed by atoms with van der Waals surface area (Å²) in [6.45, 7) is 0.249. The molecule has 2 aromatic carbocycles. The maximum Gasteiger partial charge on any atom is 0.193 e. The Kier molecular flexibility index (Phi) is 5.77. The molecule has 8 heteroatoms. The van der Waals surface area contributed by atoms with Crippen molar-refractivity contribution in [3.63, 3.8) is 0 Å². The van der Waals surface area contributed by atoms with Crippen LogP contribution in [-0.2, 0) is 17.7 Å². The van der Waals surface area contributed by atoms with Gasteiger partial charge >= 0.3 is 0 Å². The van der Waals surface area contributed by atoms with Gasteiger partial charge in [-0.1, -0.05) is 0 Å². The SMILES string of the molecule is O=C(c1cc(F)cc(CCCNS(=O)[O-])c1)c1ccc2nccnc2c1. The van der Waals surface area contributed by atoms with Gasteiger partial charge in [0.15, 0.2) is 5.78 Å². The number of carbonyl (C=O) groups is 1. The Morgan fingerprint density at radius 2 is 1.85 bits per heavy atom. The van der Waals surface area contributed by atoms with E-state index in [1.165, 1.54) is 12.1 Å². The number of hydrogen-bond acceptors (Lipinski definition) is 5. The first kappa shape index (κ1) is 18.2. The molecule has 26 heavy (non-hydrogen) atoms. The fraction of sp³-hybridized carbons (Fsp3) is 0.167. The summed E-state index contributed by atoms with van der Waals surface area (Å²) in [6, 6.07) is 9.12. The van der Waals surface area contributed by atoms with Crippen LogP contribution in [-0.4, -0.2) is 31.1 Å². The van der Waals surface area contributed by atoms with Crippen molar-refractivity contribution in [2.75, 3.05) is 6.54 Å². The van der Waals surface area contributed by atoms with Crippen molar-refractivity contribution >= 4 is 28.1 Å². The van der Waals surface area contributed by atoms with Crippen LogP contribution in [0.4, 0.5) is 4.39 Å². The third kappa shape index (κ3) is 4.54. The summed E-state index contributed by atoms with van der Waals surface area (Å²) in [5.74, 6) is -0.816. The van der Waals surface area contributed by atoms with E-state index >= 15 is 0 Å². The zero-order valence-corrected chi connectivity index (χ0v) is 14.5. The number of benzene rings is 2. The van der Waals surface area contributed by atoms with Gasteiger partial charge in [0.05, 0.1) is 11.0 Å². The van der Waals surface area contributed by atoms with E-state index in [-0.39, 0.29) is 17.9 Å². The van der Waals surface area contributed by atoms with E-state index in [1.54, 1.807) is 36.7 Å². The van der Waals surface area contributed by atoms with Crippen LogP contribution < -0.4 is 4.72 Å². The Hall–Kier alpha value is -2.55. The molecule has 0 saturated carbocycles. The number of nitrogens with zero attached hydrogens (tertiary/aromatic N) is 2. The normalized spacial score (nSPS) is 12.2. The number of aryl methyl sites for hydroxylation is 1. The first-order chi connectivity index (χ1) is 12.5. The van der Waals surface area contributed by atoms with Crippen molar-refractivity contribution in [3.05, 3.63) is 71.3 Å². The van der Waals surface area contributed by atoms with Gasteiger partial charge in [0.25, 0.3) is 0 Å². The molecule has 0 spiro atoms. The van der Waals surface area contributed by atoms with Crippen LogP contribution in [0.25, 0.3) is 11.0 Å². The maximum absolute atomic E-state index is 13.9. The lowest BCUT2D eigenvalue weighted by molar-refractivity contribution is 0.103. The van der Waals surface area contributed by atoms with Gasteiger partial charge < -0.3 is 4.55 Å². The number of rotatable bonds is 7. The van der Waals surface area contributed by atoms with E-state index in [0.29, 0.717) is 35.0 Å². The van der Waals surface area contributed by atoms with Crippen LogP contribution in [0.1, 0.15) is 27.9 Å². The Morgan fingerprint density at radius 1 is 1.08 bits per heavy atom. The number of hydrogen-bond donors (Lipinski definition) is 1. The van der Waals surface area contributed by atoms with Crippen LogP contribution in [0, 0.1) is 5.82 Å². The average Bonchev–Trinajstić information content (AvgIpc) is 2.63. The standard InChI is InChI=1S/C18H16FN3O3S/c19-15-9-12(2-1-5-22-26(24)25)8-14(10-15)18(23)13-3-4-16-17(11-13)21-7-6-20-16/h3-4,6-11,22H,1-2,5H2,(H,24,25)/p-1. The van der Waals surface area contributed by atoms with Crippen molar-refractivity contribution in [1.82, 2.24) is 14.7 Å². The smallest absolute Gasteiger partial charge is 0.193 e. The highest BCUT2D eigenvalue weighted by Gasteiger charge is 2.13. The molecule has 1 unspecified atom stereocenters. The summed E-state index contributed by atoms with van der Waals surface area (Å²) in [5, 5.41) is 0. The molecule has 0 radical (unpaired) electrons. The van der Waals surface area contributed by atoms with Crippen LogP contribution in [0.5, 0.6) is 0 Å². The number of ketones is 1. The minimum atomic E-state index is -2.32. The molecule has 1 atom stereocenters. The van der Waals surface area contributed by atoms with E-state index in [0.717, 1.165) is 0 Å². The first-order valence-corrected chi connectivity index (χ1v) is 8.98. The topological polar surface area (TPSA) is 95.0 Å². The quantitative estimate of drug-likeness (QED) is 0.390. The van der Waals surface area contributed by atoms with Crippen LogP contribution in [0.15, 0.2) is 48.8 Å². The molecule has 0 aliphatic carbocycles. The number of aromatic nitrogens is 2. The second kappa shape index (κ2) is 8.22. The van der Waals surface area contributed by atoms with Crippen molar-refractivity contribution in [2.24, 2.45) is 0 Å². The average molecular weight is 372 g/mol. The zero-order chi connectivity index (χ0) is 18.5. The molecule has 1 N–H and O–H groups in total. The molecule has 0 amide bonds. The highest BCUT2D eigenvalue weighted by atomic mass is 32.2. The van der Waals surface area contributed by atoms with Gasteiger partial charge in [-0.05, 0) is 54.8 Å². The molecule has 0 aliphatic rings. The summed E-state index contributed by atoms with van der Waals surface area (Å²) >= 11 is -2.32. The molecule has 0 fully saturated rings. The molecular weight excluding hydrogens is 357 g/mol. The van der Waals surface area contributed by atoms with Gasteiger partial charge in [0.1, 0.15) is 5.82 Å². The molecule has 0 aliphatic heterocycles. The number of fused-ring (bicyclic) bond motifs is 1. The Balaban J connectivity index is 1.80. The van der Waals surface area contributed by atoms with E-state index < -0.39 is 17.1 Å². The predicted octanol–water partition coefficient (Wildman–Crippen LogP) is 2.32. The monoisotopic (exact) mass is 372 g/mol. The molecule has 3 aromatic rings. The lowest BCUT2D eigenvalue weighted by Gasteiger charge is -2.08. The summed E-state index contributed by atoms with van der Waals surface area (Å²) in [7, 11) is 0. The molecule has 6 nitrogen and oxygen atoms in total. The first-order valence-electron chi connectivity index (χ1n) is 7.90. The van der Waals surface area contributed by atoms with E-state index in [1.807, 2.05) is 0 Å². The highest BCUT2D eigenvalue weighted by Crippen LogP contribution is 2.18. The van der Waals surface area contributed by atoms with Crippen LogP contribution in [0.2, 0.25) is 0 Å². The summed E-state index contributed by atoms with van der Waals surface area (Å²) in [4.78, 5) is 21.0. The van der Waals surface area contributed by atoms with Gasteiger partial charge in [-0.3, -0.25) is 19.0 Å². The minimum Gasteiger partial charge on any atom is -0.760 e. The molecule has 1 heterocycles. The van der Waals surface area contributed by atoms with Crippen LogP contribution >= 0.6 is 0 Å². The van der Waals surface area contributed by atoms with E-state index in [2.05, 4.69) is 14.7 Å². The highest BCUT2D eigenvalue weighted by molar-refractivity contribution is 7.77. The predicted molar refractivity (Wildman–Crippen MR) is 94.6 cm³/mol. The van der Waals surface area contributed by atoms with Gasteiger partial charge in [-0.15, -0.1) is 0 Å². The summed E-state index contributed by atoms with van der Waals surface area (Å²) < 4.78 is 37.0. The van der Waals surface area contributed by atoms with Crippen molar-refractivity contribution < 1.29 is 17.9 Å².